The van der Waals surface area contributed by atoms with Crippen LogP contribution in [0.15, 0.2) is 0 Å². The Balaban J connectivity index is 1.88. The fourth-order valence-electron chi connectivity index (χ4n) is 3.08. The third-order valence-corrected chi connectivity index (χ3v) is 3.74. The summed E-state index contributed by atoms with van der Waals surface area (Å²) in [5.41, 5.74) is 0. The van der Waals surface area contributed by atoms with Gasteiger partial charge in [-0.25, -0.2) is 0 Å². The van der Waals surface area contributed by atoms with Crippen LogP contribution in [0.25, 0.3) is 0 Å². The second kappa shape index (κ2) is 3.41. The molecule has 0 unspecified atom stereocenters. The molecule has 3 heterocycles. The molecule has 1 amide bonds. The number of aliphatic hydroxyl groups excluding tert-OH is 2. The summed E-state index contributed by atoms with van der Waals surface area (Å²) < 4.78 is 11.4. The molecule has 3 aliphatic heterocycles. The zero-order chi connectivity index (χ0) is 12.4. The molecular formula is C11H17NO5. The molecule has 0 aromatic rings. The van der Waals surface area contributed by atoms with Gasteiger partial charge in [0.15, 0.2) is 5.79 Å². The Morgan fingerprint density at radius 1 is 1.35 bits per heavy atom. The van der Waals surface area contributed by atoms with Gasteiger partial charge in [-0.2, -0.15) is 0 Å². The van der Waals surface area contributed by atoms with Crippen LogP contribution in [-0.2, 0) is 14.3 Å². The summed E-state index contributed by atoms with van der Waals surface area (Å²) in [5, 5.41) is 19.7. The van der Waals surface area contributed by atoms with Gasteiger partial charge in [-0.3, -0.25) is 4.79 Å². The molecule has 6 nitrogen and oxygen atoms in total. The zero-order valence-corrected chi connectivity index (χ0v) is 9.87. The molecule has 0 radical (unpaired) electrons. The Kier molecular flexibility index (Phi) is 2.29. The lowest BCUT2D eigenvalue weighted by Gasteiger charge is -2.39. The van der Waals surface area contributed by atoms with Crippen LogP contribution in [0.5, 0.6) is 0 Å². The van der Waals surface area contributed by atoms with Gasteiger partial charge in [-0.1, -0.05) is 0 Å². The fraction of sp³-hybridized carbons (Fsp3) is 0.909. The van der Waals surface area contributed by atoms with Crippen LogP contribution in [0.3, 0.4) is 0 Å². The summed E-state index contributed by atoms with van der Waals surface area (Å²) in [4.78, 5) is 13.3. The van der Waals surface area contributed by atoms with Crippen molar-refractivity contribution in [2.24, 2.45) is 0 Å². The second-order valence-electron chi connectivity index (χ2n) is 5.44. The van der Waals surface area contributed by atoms with Gasteiger partial charge in [0.2, 0.25) is 5.91 Å². The highest BCUT2D eigenvalue weighted by molar-refractivity contribution is 5.79. The van der Waals surface area contributed by atoms with E-state index in [1.807, 2.05) is 13.8 Å². The summed E-state index contributed by atoms with van der Waals surface area (Å²) in [7, 11) is 0. The van der Waals surface area contributed by atoms with E-state index < -0.39 is 24.0 Å². The fourth-order valence-corrected chi connectivity index (χ4v) is 3.08. The van der Waals surface area contributed by atoms with Gasteiger partial charge < -0.3 is 24.6 Å². The van der Waals surface area contributed by atoms with Crippen molar-refractivity contribution in [2.75, 3.05) is 6.54 Å². The van der Waals surface area contributed by atoms with E-state index in [4.69, 9.17) is 9.47 Å². The lowest BCUT2D eigenvalue weighted by molar-refractivity contribution is -0.184. The Morgan fingerprint density at radius 2 is 2.06 bits per heavy atom. The van der Waals surface area contributed by atoms with Gasteiger partial charge in [0.05, 0.1) is 25.1 Å². The molecule has 0 aromatic heterocycles. The molecule has 0 aromatic carbocycles. The van der Waals surface area contributed by atoms with Crippen molar-refractivity contribution in [3.05, 3.63) is 0 Å². The number of piperidine rings is 1. The highest BCUT2D eigenvalue weighted by atomic mass is 16.8. The summed E-state index contributed by atoms with van der Waals surface area (Å²) >= 11 is 0. The summed E-state index contributed by atoms with van der Waals surface area (Å²) in [6.45, 7) is 4.05. The number of aliphatic hydroxyl groups is 2. The molecule has 0 spiro atoms. The summed E-state index contributed by atoms with van der Waals surface area (Å²) in [6.07, 6.45) is -2.55. The Morgan fingerprint density at radius 3 is 2.76 bits per heavy atom. The number of carbonyl (C=O) groups excluding carboxylic acids is 1. The first-order valence-corrected chi connectivity index (χ1v) is 5.90. The van der Waals surface area contributed by atoms with Gasteiger partial charge >= 0.3 is 0 Å². The SMILES string of the molecule is CC1(C)O[C@H]2[C@H]3[C@H](O)[C@H](O)CC(=O)N3C[C@H]2O1. The number of hydrogen-bond donors (Lipinski definition) is 2. The van der Waals surface area contributed by atoms with Crippen molar-refractivity contribution in [3.63, 3.8) is 0 Å². The van der Waals surface area contributed by atoms with E-state index in [0.717, 1.165) is 0 Å². The Bertz CT molecular complexity index is 358. The van der Waals surface area contributed by atoms with E-state index in [-0.39, 0.29) is 24.5 Å². The lowest BCUT2D eigenvalue weighted by atomic mass is 9.94. The number of carbonyl (C=O) groups is 1. The highest BCUT2D eigenvalue weighted by Gasteiger charge is 2.58. The number of ether oxygens (including phenoxy) is 2. The van der Waals surface area contributed by atoms with E-state index in [2.05, 4.69) is 0 Å². The minimum absolute atomic E-state index is 0.0273. The van der Waals surface area contributed by atoms with Crippen molar-refractivity contribution >= 4 is 5.91 Å². The Hall–Kier alpha value is -0.690. The predicted molar refractivity (Wildman–Crippen MR) is 56.0 cm³/mol. The first kappa shape index (κ1) is 11.4. The molecule has 2 N–H and O–H groups in total. The van der Waals surface area contributed by atoms with Crippen molar-refractivity contribution in [3.8, 4) is 0 Å². The molecule has 0 aliphatic carbocycles. The van der Waals surface area contributed by atoms with Crippen LogP contribution in [0.2, 0.25) is 0 Å². The van der Waals surface area contributed by atoms with Crippen LogP contribution in [0, 0.1) is 0 Å². The Labute approximate surface area is 99.1 Å². The second-order valence-corrected chi connectivity index (χ2v) is 5.44. The summed E-state index contributed by atoms with van der Waals surface area (Å²) in [6, 6.07) is -0.488. The number of hydrogen-bond acceptors (Lipinski definition) is 5. The molecule has 3 rings (SSSR count). The van der Waals surface area contributed by atoms with Crippen LogP contribution in [0.4, 0.5) is 0 Å². The first-order valence-electron chi connectivity index (χ1n) is 5.90. The zero-order valence-electron chi connectivity index (χ0n) is 9.87. The molecule has 3 saturated heterocycles. The molecule has 0 bridgehead atoms. The normalized spacial score (nSPS) is 48.1. The van der Waals surface area contributed by atoms with Gasteiger partial charge in [0.25, 0.3) is 0 Å². The van der Waals surface area contributed by atoms with Crippen molar-refractivity contribution in [2.45, 2.75) is 56.5 Å². The number of nitrogens with zero attached hydrogens (tertiary/aromatic N) is 1. The molecular weight excluding hydrogens is 226 g/mol. The topological polar surface area (TPSA) is 79.2 Å². The smallest absolute Gasteiger partial charge is 0.225 e. The quantitative estimate of drug-likeness (QED) is 0.561. The molecule has 5 atom stereocenters. The maximum atomic E-state index is 11.8. The number of fused-ring (bicyclic) bond motifs is 3. The average molecular weight is 243 g/mol. The first-order chi connectivity index (χ1) is 7.89. The maximum absolute atomic E-state index is 11.8. The highest BCUT2D eigenvalue weighted by Crippen LogP contribution is 2.40. The maximum Gasteiger partial charge on any atom is 0.225 e. The summed E-state index contributed by atoms with van der Waals surface area (Å²) in [5.74, 6) is -0.834. The van der Waals surface area contributed by atoms with Crippen LogP contribution in [0.1, 0.15) is 20.3 Å². The van der Waals surface area contributed by atoms with Gasteiger partial charge in [0.1, 0.15) is 18.3 Å². The molecule has 17 heavy (non-hydrogen) atoms. The molecule has 6 heteroatoms. The number of amides is 1. The monoisotopic (exact) mass is 243 g/mol. The van der Waals surface area contributed by atoms with E-state index in [1.165, 1.54) is 0 Å². The van der Waals surface area contributed by atoms with Gasteiger partial charge in [-0.05, 0) is 13.8 Å². The molecule has 96 valence electrons. The third kappa shape index (κ3) is 1.59. The predicted octanol–water partition coefficient (Wildman–Crippen LogP) is -1.16. The molecule has 3 aliphatic rings. The van der Waals surface area contributed by atoms with Gasteiger partial charge in [0, 0.05) is 0 Å². The average Bonchev–Trinajstić information content (AvgIpc) is 2.66. The van der Waals surface area contributed by atoms with Crippen LogP contribution in [-0.4, -0.2) is 63.8 Å². The standard InChI is InChI=1S/C11H17NO5/c1-11(2)16-6-4-12-7(14)3-5(13)9(15)8(12)10(6)17-11/h5-6,8-10,13,15H,3-4H2,1-2H3/t5-,6-,8-,9-,10-/m1/s1. The van der Waals surface area contributed by atoms with Crippen LogP contribution < -0.4 is 0 Å². The molecule has 0 saturated carbocycles. The van der Waals surface area contributed by atoms with Gasteiger partial charge in [-0.15, -0.1) is 0 Å². The van der Waals surface area contributed by atoms with Crippen LogP contribution >= 0.6 is 0 Å². The number of rotatable bonds is 0. The third-order valence-electron chi connectivity index (χ3n) is 3.74. The van der Waals surface area contributed by atoms with E-state index >= 15 is 0 Å². The van der Waals surface area contributed by atoms with Crippen molar-refractivity contribution < 1.29 is 24.5 Å². The van der Waals surface area contributed by atoms with E-state index in [1.54, 1.807) is 4.90 Å². The largest absolute Gasteiger partial charge is 0.390 e. The minimum Gasteiger partial charge on any atom is -0.390 e. The van der Waals surface area contributed by atoms with Crippen molar-refractivity contribution in [1.82, 2.24) is 4.90 Å². The molecule has 3 fully saturated rings. The van der Waals surface area contributed by atoms with E-state index in [9.17, 15) is 15.0 Å². The minimum atomic E-state index is -1.00. The van der Waals surface area contributed by atoms with Crippen molar-refractivity contribution in [1.29, 1.82) is 0 Å². The lowest BCUT2D eigenvalue weighted by Crippen LogP contribution is -2.58. The van der Waals surface area contributed by atoms with E-state index in [0.29, 0.717) is 6.54 Å².